The highest BCUT2D eigenvalue weighted by Crippen LogP contribution is 2.15. The quantitative estimate of drug-likeness (QED) is 0.381. The van der Waals surface area contributed by atoms with Gasteiger partial charge in [-0.05, 0) is 12.8 Å². The smallest absolute Gasteiger partial charge is 0.382 e. The van der Waals surface area contributed by atoms with Crippen LogP contribution in [0.25, 0.3) is 0 Å². The second-order valence-electron chi connectivity index (χ2n) is 2.49. The summed E-state index contributed by atoms with van der Waals surface area (Å²) in [6.07, 6.45) is 1.88. The third-order valence-corrected chi connectivity index (χ3v) is 5.31. The van der Waals surface area contributed by atoms with Crippen molar-refractivity contribution in [2.24, 2.45) is 0 Å². The summed E-state index contributed by atoms with van der Waals surface area (Å²) < 4.78 is 10.8. The maximum atomic E-state index is 6.04. The van der Waals surface area contributed by atoms with E-state index in [2.05, 4.69) is 0 Å². The molecule has 0 fully saturated rings. The Bertz CT molecular complexity index is 106. The van der Waals surface area contributed by atoms with Crippen molar-refractivity contribution in [3.05, 3.63) is 0 Å². The Morgan fingerprint density at radius 1 is 1.08 bits per heavy atom. The van der Waals surface area contributed by atoms with Gasteiger partial charge in [-0.25, -0.2) is 0 Å². The Morgan fingerprint density at radius 2 is 1.50 bits per heavy atom. The molecule has 0 aliphatic heterocycles. The van der Waals surface area contributed by atoms with Gasteiger partial charge in [-0.2, -0.15) is 0 Å². The number of alkyl halides is 1. The van der Waals surface area contributed by atoms with Crippen LogP contribution in [0.4, 0.5) is 0 Å². The van der Waals surface area contributed by atoms with Crippen molar-refractivity contribution in [1.82, 2.24) is 0 Å². The van der Waals surface area contributed by atoms with Crippen molar-refractivity contribution >= 4 is 30.6 Å². The topological polar surface area (TPSA) is 18.5 Å². The second kappa shape index (κ2) is 7.15. The molecular weight excluding hydrogens is 215 g/mol. The first kappa shape index (κ1) is 12.7. The third kappa shape index (κ3) is 5.38. The van der Waals surface area contributed by atoms with E-state index in [-0.39, 0.29) is 5.50 Å². The molecule has 0 amide bonds. The fourth-order valence-corrected chi connectivity index (χ4v) is 2.81. The highest BCUT2D eigenvalue weighted by atomic mass is 35.6. The zero-order valence-corrected chi connectivity index (χ0v) is 10.1. The van der Waals surface area contributed by atoms with E-state index in [0.29, 0.717) is 13.2 Å². The summed E-state index contributed by atoms with van der Waals surface area (Å²) in [5.74, 6) is 0. The van der Waals surface area contributed by atoms with Crippen molar-refractivity contribution in [3.63, 3.8) is 0 Å². The fraction of sp³-hybridized carbons (Fsp3) is 1.00. The number of hydrogen-bond acceptors (Lipinski definition) is 2. The summed E-state index contributed by atoms with van der Waals surface area (Å²) >= 11 is 11.7. The Labute approximate surface area is 85.1 Å². The van der Waals surface area contributed by atoms with Gasteiger partial charge >= 0.3 is 7.87 Å². The minimum atomic E-state index is -2.53. The van der Waals surface area contributed by atoms with Gasteiger partial charge in [0.05, 0.1) is 5.50 Å². The van der Waals surface area contributed by atoms with Crippen molar-refractivity contribution < 1.29 is 8.85 Å². The zero-order valence-electron chi connectivity index (χ0n) is 7.61. The monoisotopic (exact) mass is 230 g/mol. The van der Waals surface area contributed by atoms with Crippen LogP contribution in [0.15, 0.2) is 0 Å². The first-order valence-corrected chi connectivity index (χ1v) is 7.78. The molecule has 0 bridgehead atoms. The van der Waals surface area contributed by atoms with E-state index in [4.69, 9.17) is 31.5 Å². The van der Waals surface area contributed by atoms with Crippen molar-refractivity contribution in [1.29, 1.82) is 0 Å². The van der Waals surface area contributed by atoms with Gasteiger partial charge in [-0.3, -0.25) is 0 Å². The second-order valence-corrected chi connectivity index (χ2v) is 7.18. The zero-order chi connectivity index (χ0) is 9.45. The molecule has 0 aromatic carbocycles. The molecule has 2 nitrogen and oxygen atoms in total. The van der Waals surface area contributed by atoms with Crippen LogP contribution in [-0.4, -0.2) is 26.6 Å². The molecule has 0 atom stereocenters. The molecule has 0 radical (unpaired) electrons. The van der Waals surface area contributed by atoms with Gasteiger partial charge in [0.2, 0.25) is 0 Å². The molecular formula is C7H16Cl2O2Si. The van der Waals surface area contributed by atoms with Gasteiger partial charge in [0.1, 0.15) is 0 Å². The van der Waals surface area contributed by atoms with Crippen LogP contribution in [0.1, 0.15) is 26.7 Å². The molecule has 0 aliphatic carbocycles. The predicted molar refractivity (Wildman–Crippen MR) is 54.8 cm³/mol. The van der Waals surface area contributed by atoms with Gasteiger partial charge in [0.25, 0.3) is 0 Å². The van der Waals surface area contributed by atoms with E-state index in [9.17, 15) is 0 Å². The van der Waals surface area contributed by atoms with Gasteiger partial charge in [-0.1, -0.05) is 24.9 Å². The number of rotatable bonds is 7. The number of halogens is 2. The Kier molecular flexibility index (Phi) is 7.58. The van der Waals surface area contributed by atoms with Crippen LogP contribution < -0.4 is 0 Å². The lowest BCUT2D eigenvalue weighted by Gasteiger charge is -2.21. The highest BCUT2D eigenvalue weighted by Gasteiger charge is 2.34. The molecule has 0 unspecified atom stereocenters. The lowest BCUT2D eigenvalue weighted by Crippen LogP contribution is -2.39. The molecule has 0 aromatic rings. The third-order valence-electron chi connectivity index (χ3n) is 1.20. The minimum Gasteiger partial charge on any atom is -0.382 e. The van der Waals surface area contributed by atoms with Gasteiger partial charge in [0, 0.05) is 13.2 Å². The highest BCUT2D eigenvalue weighted by molar-refractivity contribution is 7.15. The molecule has 0 heterocycles. The summed E-state index contributed by atoms with van der Waals surface area (Å²) in [6.45, 7) is 5.32. The van der Waals surface area contributed by atoms with E-state index in [1.165, 1.54) is 0 Å². The molecule has 0 saturated heterocycles. The summed E-state index contributed by atoms with van der Waals surface area (Å²) in [4.78, 5) is 0. The summed E-state index contributed by atoms with van der Waals surface area (Å²) in [7, 11) is -2.53. The molecule has 0 N–H and O–H groups in total. The van der Waals surface area contributed by atoms with Crippen LogP contribution in [0, 0.1) is 0 Å². The Balaban J connectivity index is 3.70. The minimum absolute atomic E-state index is 0.286. The van der Waals surface area contributed by atoms with Gasteiger partial charge in [-0.15, -0.1) is 11.6 Å². The standard InChI is InChI=1S/C7H16Cl2O2Si/c1-3-5-10-12(9,7-8)11-6-4-2/h3-7H2,1-2H3. The normalized spacial score (nSPS) is 12.0. The summed E-state index contributed by atoms with van der Waals surface area (Å²) in [5, 5.41) is 0. The first-order chi connectivity index (χ1) is 5.68. The van der Waals surface area contributed by atoms with Crippen LogP contribution in [0.3, 0.4) is 0 Å². The molecule has 0 saturated carbocycles. The van der Waals surface area contributed by atoms with Gasteiger partial charge < -0.3 is 8.85 Å². The Hall–Kier alpha value is 0.717. The van der Waals surface area contributed by atoms with Crippen LogP contribution in [0.5, 0.6) is 0 Å². The molecule has 0 aromatic heterocycles. The van der Waals surface area contributed by atoms with Crippen LogP contribution in [0.2, 0.25) is 0 Å². The summed E-state index contributed by atoms with van der Waals surface area (Å²) in [5.41, 5.74) is 0.286. The van der Waals surface area contributed by atoms with Gasteiger partial charge in [0.15, 0.2) is 0 Å². The van der Waals surface area contributed by atoms with E-state index < -0.39 is 7.87 Å². The molecule has 5 heteroatoms. The van der Waals surface area contributed by atoms with Crippen molar-refractivity contribution in [2.45, 2.75) is 26.7 Å². The lowest BCUT2D eigenvalue weighted by molar-refractivity contribution is 0.191. The SMILES string of the molecule is CCCO[Si](Cl)(CCl)OCCC. The molecule has 12 heavy (non-hydrogen) atoms. The predicted octanol–water partition coefficient (Wildman–Crippen LogP) is 2.80. The van der Waals surface area contributed by atoms with Crippen LogP contribution in [-0.2, 0) is 8.85 Å². The average Bonchev–Trinajstić information content (AvgIpc) is 2.11. The summed E-state index contributed by atoms with van der Waals surface area (Å²) in [6, 6.07) is 0. The van der Waals surface area contributed by atoms with Crippen molar-refractivity contribution in [2.75, 3.05) is 18.7 Å². The number of hydrogen-bond donors (Lipinski definition) is 0. The molecule has 0 aliphatic rings. The largest absolute Gasteiger partial charge is 0.458 e. The Morgan fingerprint density at radius 3 is 1.75 bits per heavy atom. The first-order valence-electron chi connectivity index (χ1n) is 4.21. The van der Waals surface area contributed by atoms with E-state index in [0.717, 1.165) is 12.8 Å². The maximum absolute atomic E-state index is 6.04. The maximum Gasteiger partial charge on any atom is 0.458 e. The lowest BCUT2D eigenvalue weighted by atomic mass is 10.5. The van der Waals surface area contributed by atoms with Crippen molar-refractivity contribution in [3.8, 4) is 0 Å². The average molecular weight is 231 g/mol. The molecule has 0 spiro atoms. The fourth-order valence-electron chi connectivity index (χ4n) is 0.628. The van der Waals surface area contributed by atoms with E-state index in [1.54, 1.807) is 0 Å². The molecule has 0 rings (SSSR count). The molecule has 74 valence electrons. The van der Waals surface area contributed by atoms with E-state index in [1.807, 2.05) is 13.8 Å². The van der Waals surface area contributed by atoms with Crippen LogP contribution >= 0.6 is 22.7 Å². The van der Waals surface area contributed by atoms with E-state index >= 15 is 0 Å².